The van der Waals surface area contributed by atoms with Gasteiger partial charge in [-0.25, -0.2) is 4.98 Å². The number of nitro benzene ring substituents is 1. The molecule has 3 heterocycles. The number of benzene rings is 1. The van der Waals surface area contributed by atoms with Crippen LogP contribution >= 0.6 is 11.3 Å². The minimum atomic E-state index is -0.566. The Morgan fingerprint density at radius 2 is 2.04 bits per heavy atom. The van der Waals surface area contributed by atoms with Gasteiger partial charge in [-0.05, 0) is 26.0 Å². The summed E-state index contributed by atoms with van der Waals surface area (Å²) < 4.78 is 11.6. The van der Waals surface area contributed by atoms with E-state index in [4.69, 9.17) is 14.5 Å². The summed E-state index contributed by atoms with van der Waals surface area (Å²) >= 11 is 1.50. The van der Waals surface area contributed by atoms with E-state index < -0.39 is 10.5 Å². The van der Waals surface area contributed by atoms with Crippen LogP contribution in [0.25, 0.3) is 11.3 Å². The molecule has 142 valence electrons. The maximum atomic E-state index is 12.1. The van der Waals surface area contributed by atoms with Crippen LogP contribution in [0.2, 0.25) is 0 Å². The first-order chi connectivity index (χ1) is 12.8. The highest BCUT2D eigenvalue weighted by atomic mass is 32.1. The lowest BCUT2D eigenvalue weighted by molar-refractivity contribution is -0.384. The van der Waals surface area contributed by atoms with E-state index in [1.54, 1.807) is 12.1 Å². The molecule has 1 aromatic heterocycles. The van der Waals surface area contributed by atoms with Crippen molar-refractivity contribution in [1.29, 1.82) is 0 Å². The Labute approximate surface area is 160 Å². The molecule has 2 saturated heterocycles. The second-order valence-corrected chi connectivity index (χ2v) is 8.60. The van der Waals surface area contributed by atoms with Crippen LogP contribution in [0.4, 0.5) is 5.69 Å². The van der Waals surface area contributed by atoms with Crippen molar-refractivity contribution in [2.45, 2.75) is 50.2 Å². The molecule has 0 radical (unpaired) electrons. The number of nitrogens with zero attached hydrogens (tertiary/aromatic N) is 2. The SMILES string of the molecule is CC1(C)CC2(CCO1)OC(=O)CC2c1nc(-c2ccc([N+](=O)[O-])cc2)cs1. The number of carbonyl (C=O) groups excluding carboxylic acids is 1. The van der Waals surface area contributed by atoms with Gasteiger partial charge in [-0.15, -0.1) is 11.3 Å². The topological polar surface area (TPSA) is 91.6 Å². The molecule has 1 spiro atoms. The van der Waals surface area contributed by atoms with E-state index in [1.807, 2.05) is 19.2 Å². The Balaban J connectivity index is 1.63. The van der Waals surface area contributed by atoms with Gasteiger partial charge in [0.2, 0.25) is 0 Å². The van der Waals surface area contributed by atoms with Crippen molar-refractivity contribution in [2.24, 2.45) is 0 Å². The minimum absolute atomic E-state index is 0.0485. The highest BCUT2D eigenvalue weighted by Gasteiger charge is 2.55. The molecule has 2 aliphatic rings. The van der Waals surface area contributed by atoms with Crippen molar-refractivity contribution in [3.8, 4) is 11.3 Å². The van der Waals surface area contributed by atoms with E-state index in [1.165, 1.54) is 23.5 Å². The Kier molecular flexibility index (Phi) is 4.27. The van der Waals surface area contributed by atoms with Gasteiger partial charge in [-0.1, -0.05) is 0 Å². The first-order valence-corrected chi connectivity index (χ1v) is 9.72. The number of nitro groups is 1. The summed E-state index contributed by atoms with van der Waals surface area (Å²) in [5.74, 6) is -0.283. The molecule has 2 unspecified atom stereocenters. The second kappa shape index (κ2) is 6.38. The zero-order valence-electron chi connectivity index (χ0n) is 15.1. The predicted molar refractivity (Wildman–Crippen MR) is 99.7 cm³/mol. The molecule has 0 saturated carbocycles. The van der Waals surface area contributed by atoms with Gasteiger partial charge in [0, 0.05) is 35.9 Å². The molecule has 2 fully saturated rings. The van der Waals surface area contributed by atoms with Crippen LogP contribution in [0.1, 0.15) is 44.0 Å². The molecule has 0 aliphatic carbocycles. The number of hydrogen-bond acceptors (Lipinski definition) is 7. The van der Waals surface area contributed by atoms with Crippen LogP contribution in [0.3, 0.4) is 0 Å². The van der Waals surface area contributed by atoms with Crippen LogP contribution in [-0.4, -0.2) is 33.7 Å². The van der Waals surface area contributed by atoms with Crippen LogP contribution in [0.15, 0.2) is 29.6 Å². The van der Waals surface area contributed by atoms with E-state index in [0.29, 0.717) is 25.9 Å². The van der Waals surface area contributed by atoms with Crippen LogP contribution in [0, 0.1) is 10.1 Å². The second-order valence-electron chi connectivity index (χ2n) is 7.71. The molecule has 0 bridgehead atoms. The molecule has 27 heavy (non-hydrogen) atoms. The number of thiazole rings is 1. The maximum Gasteiger partial charge on any atom is 0.307 e. The summed E-state index contributed by atoms with van der Waals surface area (Å²) in [6, 6.07) is 6.33. The van der Waals surface area contributed by atoms with Crippen LogP contribution < -0.4 is 0 Å². The summed E-state index contributed by atoms with van der Waals surface area (Å²) in [7, 11) is 0. The average molecular weight is 388 g/mol. The van der Waals surface area contributed by atoms with Crippen molar-refractivity contribution in [2.75, 3.05) is 6.61 Å². The number of non-ortho nitro benzene ring substituents is 1. The standard InChI is InChI=1S/C19H20N2O5S/c1-18(2)11-19(7-8-25-18)14(9-16(22)26-19)17-20-15(10-27-17)12-3-5-13(6-4-12)21(23)24/h3-6,10,14H,7-9,11H2,1-2H3. The quantitative estimate of drug-likeness (QED) is 0.447. The van der Waals surface area contributed by atoms with E-state index >= 15 is 0 Å². The number of hydrogen-bond donors (Lipinski definition) is 0. The zero-order valence-corrected chi connectivity index (χ0v) is 16.0. The first-order valence-electron chi connectivity index (χ1n) is 8.84. The Morgan fingerprint density at radius 1 is 1.30 bits per heavy atom. The number of esters is 1. The maximum absolute atomic E-state index is 12.1. The summed E-state index contributed by atoms with van der Waals surface area (Å²) in [6.45, 7) is 4.58. The van der Waals surface area contributed by atoms with Gasteiger partial charge in [0.05, 0.1) is 35.2 Å². The molecule has 1 aromatic carbocycles. The molecular formula is C19H20N2O5S. The zero-order chi connectivity index (χ0) is 19.2. The number of rotatable bonds is 3. The third-order valence-electron chi connectivity index (χ3n) is 5.26. The fourth-order valence-electron chi connectivity index (χ4n) is 4.08. The first kappa shape index (κ1) is 18.1. The molecule has 8 heteroatoms. The van der Waals surface area contributed by atoms with Crippen molar-refractivity contribution in [3.05, 3.63) is 44.8 Å². The molecule has 2 aromatic rings. The van der Waals surface area contributed by atoms with Crippen molar-refractivity contribution in [1.82, 2.24) is 4.98 Å². The molecule has 2 atom stereocenters. The normalized spacial score (nSPS) is 26.9. The summed E-state index contributed by atoms with van der Waals surface area (Å²) in [6.07, 6.45) is 1.63. The number of ether oxygens (including phenoxy) is 2. The van der Waals surface area contributed by atoms with Crippen molar-refractivity contribution >= 4 is 23.0 Å². The number of carbonyl (C=O) groups is 1. The van der Waals surface area contributed by atoms with Gasteiger partial charge in [-0.2, -0.15) is 0 Å². The van der Waals surface area contributed by atoms with Gasteiger partial charge in [0.15, 0.2) is 0 Å². The van der Waals surface area contributed by atoms with Gasteiger partial charge in [-0.3, -0.25) is 14.9 Å². The van der Waals surface area contributed by atoms with Gasteiger partial charge >= 0.3 is 5.97 Å². The van der Waals surface area contributed by atoms with Crippen LogP contribution in [-0.2, 0) is 14.3 Å². The lowest BCUT2D eigenvalue weighted by atomic mass is 9.76. The summed E-state index contributed by atoms with van der Waals surface area (Å²) in [4.78, 5) is 27.3. The molecule has 0 N–H and O–H groups in total. The fourth-order valence-corrected chi connectivity index (χ4v) is 5.12. The van der Waals surface area contributed by atoms with Crippen molar-refractivity contribution < 1.29 is 19.2 Å². The Morgan fingerprint density at radius 3 is 2.70 bits per heavy atom. The third kappa shape index (κ3) is 3.35. The highest BCUT2D eigenvalue weighted by Crippen LogP contribution is 2.51. The number of aromatic nitrogens is 1. The monoisotopic (exact) mass is 388 g/mol. The molecule has 4 rings (SSSR count). The van der Waals surface area contributed by atoms with Gasteiger partial charge in [0.1, 0.15) is 10.6 Å². The third-order valence-corrected chi connectivity index (χ3v) is 6.22. The lowest BCUT2D eigenvalue weighted by Gasteiger charge is -2.43. The Hall–Kier alpha value is -2.32. The molecular weight excluding hydrogens is 368 g/mol. The largest absolute Gasteiger partial charge is 0.458 e. The van der Waals surface area contributed by atoms with E-state index in [9.17, 15) is 14.9 Å². The summed E-state index contributed by atoms with van der Waals surface area (Å²) in [5.41, 5.74) is 0.705. The molecule has 7 nitrogen and oxygen atoms in total. The van der Waals surface area contributed by atoms with Gasteiger partial charge in [0.25, 0.3) is 5.69 Å². The fraction of sp³-hybridized carbons (Fsp3) is 0.474. The van der Waals surface area contributed by atoms with Gasteiger partial charge < -0.3 is 9.47 Å². The van der Waals surface area contributed by atoms with E-state index in [2.05, 4.69) is 0 Å². The lowest BCUT2D eigenvalue weighted by Crippen LogP contribution is -2.48. The van der Waals surface area contributed by atoms with E-state index in [-0.39, 0.29) is 23.2 Å². The predicted octanol–water partition coefficient (Wildman–Crippen LogP) is 4.08. The average Bonchev–Trinajstić information content (AvgIpc) is 3.18. The molecule has 2 aliphatic heterocycles. The van der Waals surface area contributed by atoms with Crippen molar-refractivity contribution in [3.63, 3.8) is 0 Å². The molecule has 0 amide bonds. The van der Waals surface area contributed by atoms with Crippen LogP contribution in [0.5, 0.6) is 0 Å². The smallest absolute Gasteiger partial charge is 0.307 e. The van der Waals surface area contributed by atoms with E-state index in [0.717, 1.165) is 16.3 Å². The minimum Gasteiger partial charge on any atom is -0.458 e. The summed E-state index contributed by atoms with van der Waals surface area (Å²) in [5, 5.41) is 13.6. The highest BCUT2D eigenvalue weighted by molar-refractivity contribution is 7.10. The Bertz CT molecular complexity index is 892.